The minimum absolute atomic E-state index is 0.0171. The number of anilines is 1. The van der Waals surface area contributed by atoms with Gasteiger partial charge >= 0.3 is 0 Å². The number of aryl methyl sites for hydroxylation is 1. The molecule has 0 aliphatic heterocycles. The minimum Gasteiger partial charge on any atom is -0.496 e. The Morgan fingerprint density at radius 1 is 1.33 bits per heavy atom. The molecule has 3 nitrogen and oxygen atoms in total. The van der Waals surface area contributed by atoms with E-state index in [0.717, 1.165) is 11.3 Å². The van der Waals surface area contributed by atoms with E-state index >= 15 is 0 Å². The molecule has 18 heavy (non-hydrogen) atoms. The molecular weight excluding hydrogens is 246 g/mol. The zero-order valence-corrected chi connectivity index (χ0v) is 11.2. The Morgan fingerprint density at radius 3 is 2.72 bits per heavy atom. The SMILES string of the molecule is CCc1ccc(C(=O)c2ccc(N)cc2OC)s1. The molecule has 0 aliphatic carbocycles. The van der Waals surface area contributed by atoms with E-state index in [1.54, 1.807) is 18.2 Å². The van der Waals surface area contributed by atoms with E-state index in [-0.39, 0.29) is 5.78 Å². The number of benzene rings is 1. The van der Waals surface area contributed by atoms with Crippen LogP contribution in [0, 0.1) is 0 Å². The second-order valence-electron chi connectivity index (χ2n) is 3.91. The van der Waals surface area contributed by atoms with Crippen molar-refractivity contribution in [2.45, 2.75) is 13.3 Å². The summed E-state index contributed by atoms with van der Waals surface area (Å²) in [5, 5.41) is 0. The number of ether oxygens (including phenoxy) is 1. The first kappa shape index (κ1) is 12.6. The first-order valence-corrected chi connectivity index (χ1v) is 6.54. The van der Waals surface area contributed by atoms with Gasteiger partial charge in [0.1, 0.15) is 5.75 Å². The van der Waals surface area contributed by atoms with Crippen molar-refractivity contribution in [3.8, 4) is 5.75 Å². The highest BCUT2D eigenvalue weighted by atomic mass is 32.1. The highest BCUT2D eigenvalue weighted by Crippen LogP contribution is 2.27. The predicted octanol–water partition coefficient (Wildman–Crippen LogP) is 3.13. The van der Waals surface area contributed by atoms with Gasteiger partial charge in [-0.25, -0.2) is 0 Å². The molecule has 2 N–H and O–H groups in total. The van der Waals surface area contributed by atoms with Crippen LogP contribution in [0.2, 0.25) is 0 Å². The van der Waals surface area contributed by atoms with Crippen molar-refractivity contribution in [3.63, 3.8) is 0 Å². The van der Waals surface area contributed by atoms with Gasteiger partial charge in [-0.05, 0) is 30.7 Å². The van der Waals surface area contributed by atoms with Crippen LogP contribution in [-0.4, -0.2) is 12.9 Å². The second kappa shape index (κ2) is 5.23. The molecule has 0 aliphatic rings. The average Bonchev–Trinajstić information content (AvgIpc) is 2.86. The lowest BCUT2D eigenvalue weighted by atomic mass is 10.1. The standard InChI is InChI=1S/C14H15NO2S/c1-3-10-5-7-13(18-10)14(16)11-6-4-9(15)8-12(11)17-2/h4-8H,3,15H2,1-2H3. The number of hydrogen-bond acceptors (Lipinski definition) is 4. The van der Waals surface area contributed by atoms with Gasteiger partial charge in [0.05, 0.1) is 17.6 Å². The van der Waals surface area contributed by atoms with Crippen molar-refractivity contribution in [2.24, 2.45) is 0 Å². The zero-order valence-electron chi connectivity index (χ0n) is 10.4. The Hall–Kier alpha value is -1.81. The van der Waals surface area contributed by atoms with Crippen LogP contribution in [0.1, 0.15) is 27.0 Å². The lowest BCUT2D eigenvalue weighted by Gasteiger charge is -2.07. The van der Waals surface area contributed by atoms with E-state index in [4.69, 9.17) is 10.5 Å². The van der Waals surface area contributed by atoms with Crippen molar-refractivity contribution in [1.82, 2.24) is 0 Å². The molecule has 1 heterocycles. The van der Waals surface area contributed by atoms with Gasteiger partial charge in [0.15, 0.2) is 0 Å². The van der Waals surface area contributed by atoms with Crippen LogP contribution in [0.5, 0.6) is 5.75 Å². The summed E-state index contributed by atoms with van der Waals surface area (Å²) in [4.78, 5) is 14.3. The molecule has 0 saturated carbocycles. The van der Waals surface area contributed by atoms with E-state index in [9.17, 15) is 4.79 Å². The fraction of sp³-hybridized carbons (Fsp3) is 0.214. The largest absolute Gasteiger partial charge is 0.496 e. The Morgan fingerprint density at radius 2 is 2.11 bits per heavy atom. The maximum absolute atomic E-state index is 12.4. The molecule has 94 valence electrons. The maximum Gasteiger partial charge on any atom is 0.206 e. The fourth-order valence-electron chi connectivity index (χ4n) is 1.72. The third-order valence-corrected chi connectivity index (χ3v) is 3.93. The minimum atomic E-state index is -0.0171. The van der Waals surface area contributed by atoms with Crippen LogP contribution in [0.4, 0.5) is 5.69 Å². The van der Waals surface area contributed by atoms with Crippen molar-refractivity contribution in [1.29, 1.82) is 0 Å². The lowest BCUT2D eigenvalue weighted by Crippen LogP contribution is -2.02. The van der Waals surface area contributed by atoms with Crippen molar-refractivity contribution in [3.05, 3.63) is 45.6 Å². The summed E-state index contributed by atoms with van der Waals surface area (Å²) in [5.41, 5.74) is 6.82. The maximum atomic E-state index is 12.4. The Labute approximate surface area is 110 Å². The van der Waals surface area contributed by atoms with Gasteiger partial charge in [-0.15, -0.1) is 11.3 Å². The highest BCUT2D eigenvalue weighted by Gasteiger charge is 2.16. The average molecular weight is 261 g/mol. The number of rotatable bonds is 4. The monoisotopic (exact) mass is 261 g/mol. The van der Waals surface area contributed by atoms with Gasteiger partial charge in [0.25, 0.3) is 0 Å². The molecule has 0 unspecified atom stereocenters. The molecule has 0 fully saturated rings. The van der Waals surface area contributed by atoms with Gasteiger partial charge in [0, 0.05) is 16.6 Å². The predicted molar refractivity (Wildman–Crippen MR) is 74.5 cm³/mol. The topological polar surface area (TPSA) is 52.3 Å². The number of carbonyl (C=O) groups is 1. The van der Waals surface area contributed by atoms with Crippen molar-refractivity contribution in [2.75, 3.05) is 12.8 Å². The Bertz CT molecular complexity index is 575. The van der Waals surface area contributed by atoms with Crippen LogP contribution >= 0.6 is 11.3 Å². The van der Waals surface area contributed by atoms with Crippen LogP contribution in [-0.2, 0) is 6.42 Å². The van der Waals surface area contributed by atoms with Crippen LogP contribution in [0.25, 0.3) is 0 Å². The molecule has 0 spiro atoms. The second-order valence-corrected chi connectivity index (χ2v) is 5.08. The summed E-state index contributed by atoms with van der Waals surface area (Å²) < 4.78 is 5.21. The molecule has 1 aromatic heterocycles. The number of thiophene rings is 1. The van der Waals surface area contributed by atoms with Crippen molar-refractivity contribution >= 4 is 22.8 Å². The first-order valence-electron chi connectivity index (χ1n) is 5.72. The van der Waals surface area contributed by atoms with Gasteiger partial charge in [-0.1, -0.05) is 6.92 Å². The van der Waals surface area contributed by atoms with E-state index < -0.39 is 0 Å². The van der Waals surface area contributed by atoms with E-state index in [1.807, 2.05) is 12.1 Å². The van der Waals surface area contributed by atoms with Gasteiger partial charge < -0.3 is 10.5 Å². The number of nitrogen functional groups attached to an aromatic ring is 1. The smallest absolute Gasteiger partial charge is 0.206 e. The third-order valence-electron chi connectivity index (χ3n) is 2.70. The van der Waals surface area contributed by atoms with Gasteiger partial charge in [0.2, 0.25) is 5.78 Å². The molecular formula is C14H15NO2S. The summed E-state index contributed by atoms with van der Waals surface area (Å²) in [5.74, 6) is 0.503. The number of carbonyl (C=O) groups excluding carboxylic acids is 1. The van der Waals surface area contributed by atoms with Gasteiger partial charge in [-0.2, -0.15) is 0 Å². The Balaban J connectivity index is 2.39. The number of nitrogens with two attached hydrogens (primary N) is 1. The van der Waals surface area contributed by atoms with Gasteiger partial charge in [-0.3, -0.25) is 4.79 Å². The number of ketones is 1. The van der Waals surface area contributed by atoms with Crippen molar-refractivity contribution < 1.29 is 9.53 Å². The molecule has 4 heteroatoms. The summed E-state index contributed by atoms with van der Waals surface area (Å²) >= 11 is 1.52. The summed E-state index contributed by atoms with van der Waals surface area (Å²) in [6, 6.07) is 8.94. The molecule has 0 atom stereocenters. The quantitative estimate of drug-likeness (QED) is 0.679. The molecule has 0 bridgehead atoms. The first-order chi connectivity index (χ1) is 8.65. The molecule has 2 rings (SSSR count). The van der Waals surface area contributed by atoms with E-state index in [1.165, 1.54) is 23.3 Å². The number of methoxy groups -OCH3 is 1. The molecule has 0 amide bonds. The van der Waals surface area contributed by atoms with Crippen LogP contribution in [0.3, 0.4) is 0 Å². The van der Waals surface area contributed by atoms with E-state index in [0.29, 0.717) is 17.0 Å². The van der Waals surface area contributed by atoms with Crippen LogP contribution in [0.15, 0.2) is 30.3 Å². The zero-order chi connectivity index (χ0) is 13.1. The Kier molecular flexibility index (Phi) is 3.67. The summed E-state index contributed by atoms with van der Waals surface area (Å²) in [6.07, 6.45) is 0.941. The fourth-order valence-corrected chi connectivity index (χ4v) is 2.62. The normalized spacial score (nSPS) is 10.3. The number of hydrogen-bond donors (Lipinski definition) is 1. The summed E-state index contributed by atoms with van der Waals surface area (Å²) in [7, 11) is 1.54. The molecule has 0 saturated heterocycles. The lowest BCUT2D eigenvalue weighted by molar-refractivity contribution is 0.103. The molecule has 1 aromatic carbocycles. The van der Waals surface area contributed by atoms with E-state index in [2.05, 4.69) is 6.92 Å². The molecule has 0 radical (unpaired) electrons. The molecule has 2 aromatic rings. The highest BCUT2D eigenvalue weighted by molar-refractivity contribution is 7.14. The third kappa shape index (κ3) is 2.38. The van der Waals surface area contributed by atoms with Crippen LogP contribution < -0.4 is 10.5 Å². The summed E-state index contributed by atoms with van der Waals surface area (Å²) in [6.45, 7) is 2.07.